The molecule has 1 aromatic carbocycles. The summed E-state index contributed by atoms with van der Waals surface area (Å²) in [5.41, 5.74) is 3.98. The fourth-order valence-corrected chi connectivity index (χ4v) is 3.12. The first-order chi connectivity index (χ1) is 12.4. The molecule has 0 saturated heterocycles. The minimum Gasteiger partial charge on any atom is -0.354 e. The van der Waals surface area contributed by atoms with Gasteiger partial charge >= 0.3 is 0 Å². The van der Waals surface area contributed by atoms with Crippen LogP contribution in [0.1, 0.15) is 58.8 Å². The number of rotatable bonds is 4. The van der Waals surface area contributed by atoms with Crippen LogP contribution >= 0.6 is 0 Å². The van der Waals surface area contributed by atoms with Gasteiger partial charge in [0.2, 0.25) is 5.91 Å². The minimum atomic E-state index is -0.274. The van der Waals surface area contributed by atoms with Crippen LogP contribution in [0.5, 0.6) is 0 Å². The molecule has 0 radical (unpaired) electrons. The van der Waals surface area contributed by atoms with Crippen LogP contribution < -0.4 is 10.6 Å². The van der Waals surface area contributed by atoms with Crippen molar-refractivity contribution in [1.29, 1.82) is 0 Å². The number of H-pyrrole nitrogens is 1. The number of aromatic nitrogens is 1. The molecule has 136 valence electrons. The van der Waals surface area contributed by atoms with Crippen molar-refractivity contribution in [1.82, 2.24) is 4.98 Å². The van der Waals surface area contributed by atoms with Gasteiger partial charge in [0, 0.05) is 35.0 Å². The first kappa shape index (κ1) is 17.9. The molecule has 2 amide bonds. The van der Waals surface area contributed by atoms with Gasteiger partial charge in [-0.1, -0.05) is 13.8 Å². The highest BCUT2D eigenvalue weighted by Crippen LogP contribution is 2.27. The second-order valence-corrected chi connectivity index (χ2v) is 6.93. The fourth-order valence-electron chi connectivity index (χ4n) is 3.12. The number of aromatic amines is 1. The summed E-state index contributed by atoms with van der Waals surface area (Å²) in [6.45, 7) is 5.46. The lowest BCUT2D eigenvalue weighted by Crippen LogP contribution is -2.17. The zero-order chi connectivity index (χ0) is 18.8. The Kier molecular flexibility index (Phi) is 4.93. The largest absolute Gasteiger partial charge is 0.354 e. The Morgan fingerprint density at radius 1 is 1.04 bits per heavy atom. The number of nitrogens with one attached hydrogen (secondary N) is 3. The molecular weight excluding hydrogens is 330 g/mol. The average Bonchev–Trinajstić information content (AvgIpc) is 2.94. The van der Waals surface area contributed by atoms with Crippen molar-refractivity contribution < 1.29 is 14.4 Å². The zero-order valence-corrected chi connectivity index (χ0v) is 15.2. The van der Waals surface area contributed by atoms with Crippen molar-refractivity contribution in [3.05, 3.63) is 46.8 Å². The number of amides is 2. The highest BCUT2D eigenvalue weighted by Gasteiger charge is 2.26. The first-order valence-corrected chi connectivity index (χ1v) is 8.83. The van der Waals surface area contributed by atoms with Crippen LogP contribution in [0.3, 0.4) is 0 Å². The van der Waals surface area contributed by atoms with E-state index in [4.69, 9.17) is 0 Å². The summed E-state index contributed by atoms with van der Waals surface area (Å²) in [5.74, 6) is -0.328. The van der Waals surface area contributed by atoms with Gasteiger partial charge in [0.1, 0.15) is 5.69 Å². The maximum absolute atomic E-state index is 12.6. The number of fused-ring (bicyclic) bond motifs is 1. The predicted octanol–water partition coefficient (Wildman–Crippen LogP) is 3.69. The quantitative estimate of drug-likeness (QED) is 0.783. The molecule has 1 aliphatic carbocycles. The molecule has 0 fully saturated rings. The molecule has 0 spiro atoms. The van der Waals surface area contributed by atoms with Crippen LogP contribution in [0.2, 0.25) is 0 Å². The Morgan fingerprint density at radius 2 is 1.65 bits per heavy atom. The smallest absolute Gasteiger partial charge is 0.272 e. The van der Waals surface area contributed by atoms with Crippen LogP contribution in [0.4, 0.5) is 11.4 Å². The number of hydrogen-bond acceptors (Lipinski definition) is 3. The maximum atomic E-state index is 12.6. The number of ketones is 1. The predicted molar refractivity (Wildman–Crippen MR) is 101 cm³/mol. The number of carbonyl (C=O) groups excluding carboxylic acids is 3. The molecule has 1 heterocycles. The van der Waals surface area contributed by atoms with Crippen molar-refractivity contribution in [2.75, 3.05) is 10.6 Å². The molecule has 1 aliphatic rings. The molecule has 0 atom stereocenters. The normalized spacial score (nSPS) is 13.5. The average molecular weight is 353 g/mol. The highest BCUT2D eigenvalue weighted by molar-refractivity contribution is 6.08. The number of Topliss-reactive ketones (excluding diaryl/α,β-unsaturated/α-hetero) is 1. The molecule has 0 bridgehead atoms. The Morgan fingerprint density at radius 3 is 2.23 bits per heavy atom. The molecule has 6 nitrogen and oxygen atoms in total. The number of benzene rings is 1. The van der Waals surface area contributed by atoms with Gasteiger partial charge in [-0.2, -0.15) is 0 Å². The molecule has 6 heteroatoms. The summed E-state index contributed by atoms with van der Waals surface area (Å²) in [4.78, 5) is 39.5. The number of hydrogen-bond donors (Lipinski definition) is 3. The van der Waals surface area contributed by atoms with Crippen LogP contribution in [0.15, 0.2) is 24.3 Å². The van der Waals surface area contributed by atoms with Crippen molar-refractivity contribution in [2.24, 2.45) is 5.92 Å². The number of carbonyl (C=O) groups is 3. The Labute approximate surface area is 152 Å². The van der Waals surface area contributed by atoms with Gasteiger partial charge in [-0.25, -0.2) is 0 Å². The van der Waals surface area contributed by atoms with Crippen LogP contribution in [-0.2, 0) is 11.2 Å². The summed E-state index contributed by atoms with van der Waals surface area (Å²) in [6.07, 6.45) is 2.14. The van der Waals surface area contributed by atoms with Crippen LogP contribution in [0, 0.1) is 12.8 Å². The van der Waals surface area contributed by atoms with Crippen molar-refractivity contribution in [3.8, 4) is 0 Å². The molecule has 0 unspecified atom stereocenters. The summed E-state index contributed by atoms with van der Waals surface area (Å²) < 4.78 is 0. The summed E-state index contributed by atoms with van der Waals surface area (Å²) in [5, 5.41) is 5.64. The third-order valence-electron chi connectivity index (χ3n) is 4.60. The molecule has 2 aromatic rings. The molecular formula is C20H23N3O3. The summed E-state index contributed by atoms with van der Waals surface area (Å²) in [6, 6.07) is 6.95. The van der Waals surface area contributed by atoms with Gasteiger partial charge < -0.3 is 15.6 Å². The highest BCUT2D eigenvalue weighted by atomic mass is 16.2. The lowest BCUT2D eigenvalue weighted by molar-refractivity contribution is -0.118. The van der Waals surface area contributed by atoms with Gasteiger partial charge in [0.15, 0.2) is 5.78 Å². The van der Waals surface area contributed by atoms with E-state index in [0.717, 1.165) is 18.5 Å². The Hall–Kier alpha value is -2.89. The lowest BCUT2D eigenvalue weighted by atomic mass is 9.94. The molecule has 0 saturated carbocycles. The topological polar surface area (TPSA) is 91.1 Å². The van der Waals surface area contributed by atoms with E-state index in [9.17, 15) is 14.4 Å². The zero-order valence-electron chi connectivity index (χ0n) is 15.2. The second kappa shape index (κ2) is 7.15. The van der Waals surface area contributed by atoms with E-state index in [-0.39, 0.29) is 23.5 Å². The number of aryl methyl sites for hydroxylation is 1. The van der Waals surface area contributed by atoms with E-state index in [1.807, 2.05) is 13.8 Å². The van der Waals surface area contributed by atoms with Crippen LogP contribution in [0.25, 0.3) is 0 Å². The summed E-state index contributed by atoms with van der Waals surface area (Å²) >= 11 is 0. The molecule has 3 N–H and O–H groups in total. The van der Waals surface area contributed by atoms with Crippen molar-refractivity contribution >= 4 is 29.0 Å². The van der Waals surface area contributed by atoms with Gasteiger partial charge in [-0.3, -0.25) is 14.4 Å². The molecule has 1 aromatic heterocycles. The minimum absolute atomic E-state index is 0.0564. The van der Waals surface area contributed by atoms with E-state index in [0.29, 0.717) is 34.6 Å². The third kappa shape index (κ3) is 3.54. The summed E-state index contributed by atoms with van der Waals surface area (Å²) in [7, 11) is 0. The van der Waals surface area contributed by atoms with E-state index >= 15 is 0 Å². The van der Waals surface area contributed by atoms with Gasteiger partial charge in [0.05, 0.1) is 0 Å². The van der Waals surface area contributed by atoms with Crippen LogP contribution in [-0.4, -0.2) is 22.6 Å². The fraction of sp³-hybridized carbons (Fsp3) is 0.350. The molecule has 3 rings (SSSR count). The third-order valence-corrected chi connectivity index (χ3v) is 4.60. The molecule has 0 aliphatic heterocycles. The first-order valence-electron chi connectivity index (χ1n) is 8.83. The monoisotopic (exact) mass is 353 g/mol. The SMILES string of the molecule is Cc1c(C(=O)Nc2ccc(NC(=O)C(C)C)cc2)[nH]c2c1C(=O)CCC2. The maximum Gasteiger partial charge on any atom is 0.272 e. The van der Waals surface area contributed by atoms with Gasteiger partial charge in [-0.15, -0.1) is 0 Å². The van der Waals surface area contributed by atoms with E-state index in [1.54, 1.807) is 31.2 Å². The van der Waals surface area contributed by atoms with Gasteiger partial charge in [-0.05, 0) is 49.6 Å². The Balaban J connectivity index is 1.73. The standard InChI is InChI=1S/C20H23N3O3/c1-11(2)19(25)21-13-7-9-14(10-8-13)22-20(26)18-12(3)17-15(23-18)5-4-6-16(17)24/h7-11,23H,4-6H2,1-3H3,(H,21,25)(H,22,26). The van der Waals surface area contributed by atoms with Gasteiger partial charge in [0.25, 0.3) is 5.91 Å². The Bertz CT molecular complexity index is 863. The van der Waals surface area contributed by atoms with Crippen molar-refractivity contribution in [2.45, 2.75) is 40.0 Å². The van der Waals surface area contributed by atoms with E-state index < -0.39 is 0 Å². The molecule has 26 heavy (non-hydrogen) atoms. The lowest BCUT2D eigenvalue weighted by Gasteiger charge is -2.09. The second-order valence-electron chi connectivity index (χ2n) is 6.93. The number of anilines is 2. The van der Waals surface area contributed by atoms with Crippen molar-refractivity contribution in [3.63, 3.8) is 0 Å². The van der Waals surface area contributed by atoms with E-state index in [1.165, 1.54) is 0 Å². The van der Waals surface area contributed by atoms with E-state index in [2.05, 4.69) is 15.6 Å².